The molecule has 1 aliphatic rings. The number of carbonyl (C=O) groups excluding carboxylic acids is 1. The van der Waals surface area contributed by atoms with Crippen molar-refractivity contribution in [2.75, 3.05) is 38.5 Å². The van der Waals surface area contributed by atoms with Crippen LogP contribution in [0.2, 0.25) is 5.28 Å². The number of amides is 1. The van der Waals surface area contributed by atoms with Crippen molar-refractivity contribution in [3.05, 3.63) is 59.4 Å². The summed E-state index contributed by atoms with van der Waals surface area (Å²) in [7, 11) is 2.07. The maximum absolute atomic E-state index is 12.6. The van der Waals surface area contributed by atoms with Gasteiger partial charge in [-0.05, 0) is 55.0 Å². The second-order valence-electron chi connectivity index (χ2n) is 6.66. The van der Waals surface area contributed by atoms with Gasteiger partial charge in [0.25, 0.3) is 5.91 Å². The first-order valence-corrected chi connectivity index (χ1v) is 9.25. The van der Waals surface area contributed by atoms with Crippen LogP contribution < -0.4 is 5.32 Å². The van der Waals surface area contributed by atoms with Crippen LogP contribution in [-0.4, -0.2) is 58.9 Å². The third-order valence-electron chi connectivity index (χ3n) is 4.76. The van der Waals surface area contributed by atoms with Crippen LogP contribution in [0.25, 0.3) is 10.9 Å². The molecular weight excluding hydrogens is 362 g/mol. The first kappa shape index (κ1) is 17.7. The Hall–Kier alpha value is -2.70. The molecule has 1 saturated heterocycles. The van der Waals surface area contributed by atoms with Gasteiger partial charge in [-0.3, -0.25) is 4.79 Å². The van der Waals surface area contributed by atoms with Gasteiger partial charge in [-0.25, -0.2) is 4.98 Å². The molecule has 138 valence electrons. The zero-order chi connectivity index (χ0) is 18.8. The lowest BCUT2D eigenvalue weighted by Gasteiger charge is -2.32. The molecule has 2 heterocycles. The maximum atomic E-state index is 12.6. The molecule has 1 fully saturated rings. The number of fused-ring (bicyclic) bond motifs is 1. The van der Waals surface area contributed by atoms with Crippen LogP contribution in [0.15, 0.2) is 48.5 Å². The Morgan fingerprint density at radius 3 is 2.44 bits per heavy atom. The number of carbonyl (C=O) groups is 1. The van der Waals surface area contributed by atoms with Gasteiger partial charge in [-0.2, -0.15) is 4.98 Å². The third-order valence-corrected chi connectivity index (χ3v) is 4.93. The number of aromatic nitrogens is 2. The predicted octanol–water partition coefficient (Wildman–Crippen LogP) is 3.41. The Bertz CT molecular complexity index is 968. The van der Waals surface area contributed by atoms with Crippen molar-refractivity contribution in [3.63, 3.8) is 0 Å². The lowest BCUT2D eigenvalue weighted by atomic mass is 10.1. The second kappa shape index (κ2) is 7.50. The molecular formula is C20H20ClN5O. The van der Waals surface area contributed by atoms with E-state index in [4.69, 9.17) is 11.6 Å². The number of likely N-dealkylation sites (N-methyl/N-ethyl adjacent to an activating group) is 1. The summed E-state index contributed by atoms with van der Waals surface area (Å²) in [5, 5.41) is 4.35. The Labute approximate surface area is 162 Å². The van der Waals surface area contributed by atoms with E-state index in [1.54, 1.807) is 0 Å². The number of piperazine rings is 1. The van der Waals surface area contributed by atoms with Gasteiger partial charge in [0, 0.05) is 42.8 Å². The molecule has 6 nitrogen and oxygen atoms in total. The molecule has 0 radical (unpaired) electrons. The van der Waals surface area contributed by atoms with Crippen molar-refractivity contribution < 1.29 is 4.79 Å². The largest absolute Gasteiger partial charge is 0.340 e. The highest BCUT2D eigenvalue weighted by molar-refractivity contribution is 6.28. The number of hydrogen-bond acceptors (Lipinski definition) is 5. The fourth-order valence-electron chi connectivity index (χ4n) is 3.17. The van der Waals surface area contributed by atoms with Gasteiger partial charge in [-0.1, -0.05) is 12.1 Å². The van der Waals surface area contributed by atoms with E-state index in [0.29, 0.717) is 11.4 Å². The molecule has 1 N–H and O–H groups in total. The van der Waals surface area contributed by atoms with Crippen LogP contribution in [0.5, 0.6) is 0 Å². The van der Waals surface area contributed by atoms with Gasteiger partial charge >= 0.3 is 0 Å². The number of nitrogens with one attached hydrogen (secondary N) is 1. The fourth-order valence-corrected chi connectivity index (χ4v) is 3.34. The van der Waals surface area contributed by atoms with E-state index in [-0.39, 0.29) is 11.2 Å². The number of rotatable bonds is 3. The summed E-state index contributed by atoms with van der Waals surface area (Å²) in [5.74, 6) is 0.717. The summed E-state index contributed by atoms with van der Waals surface area (Å²) in [4.78, 5) is 25.3. The van der Waals surface area contributed by atoms with E-state index in [1.165, 1.54) is 0 Å². The summed E-state index contributed by atoms with van der Waals surface area (Å²) in [6.07, 6.45) is 0. The first-order valence-electron chi connectivity index (χ1n) is 8.87. The minimum atomic E-state index is 0.0742. The van der Waals surface area contributed by atoms with Crippen molar-refractivity contribution in [3.8, 4) is 0 Å². The van der Waals surface area contributed by atoms with Crippen molar-refractivity contribution in [1.29, 1.82) is 0 Å². The smallest absolute Gasteiger partial charge is 0.253 e. The van der Waals surface area contributed by atoms with Crippen LogP contribution >= 0.6 is 11.6 Å². The molecule has 0 spiro atoms. The van der Waals surface area contributed by atoms with Crippen LogP contribution in [-0.2, 0) is 0 Å². The third kappa shape index (κ3) is 3.86. The van der Waals surface area contributed by atoms with Crippen molar-refractivity contribution >= 4 is 39.9 Å². The normalized spacial score (nSPS) is 15.1. The van der Waals surface area contributed by atoms with Gasteiger partial charge in [0.1, 0.15) is 5.82 Å². The highest BCUT2D eigenvalue weighted by Gasteiger charge is 2.20. The highest BCUT2D eigenvalue weighted by atomic mass is 35.5. The van der Waals surface area contributed by atoms with Crippen molar-refractivity contribution in [1.82, 2.24) is 19.8 Å². The van der Waals surface area contributed by atoms with E-state index < -0.39 is 0 Å². The van der Waals surface area contributed by atoms with Crippen LogP contribution in [0.3, 0.4) is 0 Å². The van der Waals surface area contributed by atoms with E-state index >= 15 is 0 Å². The maximum Gasteiger partial charge on any atom is 0.253 e. The molecule has 0 saturated carbocycles. The number of nitrogens with zero attached hydrogens (tertiary/aromatic N) is 4. The summed E-state index contributed by atoms with van der Waals surface area (Å²) < 4.78 is 0. The predicted molar refractivity (Wildman–Crippen MR) is 108 cm³/mol. The summed E-state index contributed by atoms with van der Waals surface area (Å²) in [6.45, 7) is 3.35. The summed E-state index contributed by atoms with van der Waals surface area (Å²) >= 11 is 6.04. The summed E-state index contributed by atoms with van der Waals surface area (Å²) in [5.41, 5.74) is 2.31. The monoisotopic (exact) mass is 381 g/mol. The van der Waals surface area contributed by atoms with Crippen molar-refractivity contribution in [2.24, 2.45) is 0 Å². The number of halogens is 1. The minimum absolute atomic E-state index is 0.0742. The Morgan fingerprint density at radius 1 is 1.00 bits per heavy atom. The molecule has 3 aromatic rings. The van der Waals surface area contributed by atoms with Gasteiger partial charge < -0.3 is 15.1 Å². The Kier molecular flexibility index (Phi) is 4.92. The van der Waals surface area contributed by atoms with Crippen molar-refractivity contribution in [2.45, 2.75) is 0 Å². The van der Waals surface area contributed by atoms with Gasteiger partial charge in [-0.15, -0.1) is 0 Å². The minimum Gasteiger partial charge on any atom is -0.340 e. The molecule has 2 aromatic carbocycles. The highest BCUT2D eigenvalue weighted by Crippen LogP contribution is 2.25. The second-order valence-corrected chi connectivity index (χ2v) is 6.99. The van der Waals surface area contributed by atoms with E-state index in [2.05, 4.69) is 27.2 Å². The molecule has 1 amide bonds. The number of hydrogen-bond donors (Lipinski definition) is 1. The summed E-state index contributed by atoms with van der Waals surface area (Å²) in [6, 6.07) is 15.1. The Balaban J connectivity index is 1.52. The quantitative estimate of drug-likeness (QED) is 0.704. The Morgan fingerprint density at radius 2 is 1.70 bits per heavy atom. The average molecular weight is 382 g/mol. The zero-order valence-electron chi connectivity index (χ0n) is 15.0. The van der Waals surface area contributed by atoms with Gasteiger partial charge in [0.2, 0.25) is 5.28 Å². The SMILES string of the molecule is CN1CCN(C(=O)c2ccc(Nc3nc(Cl)nc4ccccc34)cc2)CC1. The van der Waals surface area contributed by atoms with Crippen LogP contribution in [0.4, 0.5) is 11.5 Å². The zero-order valence-corrected chi connectivity index (χ0v) is 15.8. The molecule has 0 unspecified atom stereocenters. The standard InChI is InChI=1S/C20H20ClN5O/c1-25-10-12-26(13-11-25)19(27)14-6-8-15(9-7-14)22-18-16-4-2-3-5-17(16)23-20(21)24-18/h2-9H,10-13H2,1H3,(H,22,23,24). The average Bonchev–Trinajstić information content (AvgIpc) is 2.68. The molecule has 1 aromatic heterocycles. The van der Waals surface area contributed by atoms with E-state index in [1.807, 2.05) is 53.4 Å². The molecule has 0 bridgehead atoms. The topological polar surface area (TPSA) is 61.4 Å². The number of benzene rings is 2. The molecule has 7 heteroatoms. The lowest BCUT2D eigenvalue weighted by molar-refractivity contribution is 0.0664. The lowest BCUT2D eigenvalue weighted by Crippen LogP contribution is -2.47. The molecule has 1 aliphatic heterocycles. The number of anilines is 2. The molecule has 27 heavy (non-hydrogen) atoms. The van der Waals surface area contributed by atoms with Crippen LogP contribution in [0, 0.1) is 0 Å². The van der Waals surface area contributed by atoms with Gasteiger partial charge in [0.05, 0.1) is 5.52 Å². The first-order chi connectivity index (χ1) is 13.1. The van der Waals surface area contributed by atoms with E-state index in [0.717, 1.165) is 42.8 Å². The van der Waals surface area contributed by atoms with Gasteiger partial charge in [0.15, 0.2) is 0 Å². The fraction of sp³-hybridized carbons (Fsp3) is 0.250. The molecule has 0 aliphatic carbocycles. The molecule has 0 atom stereocenters. The number of para-hydroxylation sites is 1. The van der Waals surface area contributed by atoms with Crippen LogP contribution in [0.1, 0.15) is 10.4 Å². The molecule has 4 rings (SSSR count). The van der Waals surface area contributed by atoms with E-state index in [9.17, 15) is 4.79 Å².